The van der Waals surface area contributed by atoms with Crippen LogP contribution in [0.1, 0.15) is 44.5 Å². The van der Waals surface area contributed by atoms with Gasteiger partial charge in [-0.25, -0.2) is 14.6 Å². The van der Waals surface area contributed by atoms with E-state index in [0.717, 1.165) is 4.90 Å². The van der Waals surface area contributed by atoms with E-state index in [9.17, 15) is 14.4 Å². The molecule has 2 aromatic heterocycles. The van der Waals surface area contributed by atoms with Gasteiger partial charge in [0.2, 0.25) is 0 Å². The van der Waals surface area contributed by atoms with E-state index in [-0.39, 0.29) is 30.5 Å². The molecule has 0 aliphatic rings. The Morgan fingerprint density at radius 2 is 1.61 bits per heavy atom. The minimum atomic E-state index is -0.630. The molecule has 1 aromatic carbocycles. The molecule has 1 amide bonds. The number of nitrogens with zero attached hydrogens (tertiary/aromatic N) is 1. The number of anilines is 1. The van der Waals surface area contributed by atoms with Crippen molar-refractivity contribution >= 4 is 46.6 Å². The van der Waals surface area contributed by atoms with Gasteiger partial charge in [-0.05, 0) is 49.6 Å². The van der Waals surface area contributed by atoms with E-state index in [1.807, 2.05) is 29.6 Å². The van der Waals surface area contributed by atoms with Gasteiger partial charge in [-0.3, -0.25) is 4.79 Å². The SMILES string of the molecule is CCOC(=O)c1cc(Sc2ccccc2NC(=O)c2cccs2)cc(C(=O)OCC)n1. The van der Waals surface area contributed by atoms with E-state index in [4.69, 9.17) is 9.47 Å². The van der Waals surface area contributed by atoms with Gasteiger partial charge >= 0.3 is 11.9 Å². The number of thiophene rings is 1. The Bertz CT molecular complexity index is 1050. The highest BCUT2D eigenvalue weighted by Gasteiger charge is 2.18. The minimum absolute atomic E-state index is 0.00926. The van der Waals surface area contributed by atoms with Crippen LogP contribution in [-0.4, -0.2) is 36.0 Å². The number of pyridine rings is 1. The first kappa shape index (κ1) is 22.5. The zero-order valence-corrected chi connectivity index (χ0v) is 18.5. The fourth-order valence-electron chi connectivity index (χ4n) is 2.56. The van der Waals surface area contributed by atoms with Gasteiger partial charge in [0, 0.05) is 9.79 Å². The van der Waals surface area contributed by atoms with Crippen LogP contribution >= 0.6 is 23.1 Å². The number of nitrogens with one attached hydrogen (secondary N) is 1. The van der Waals surface area contributed by atoms with Gasteiger partial charge in [0.25, 0.3) is 5.91 Å². The molecule has 0 bridgehead atoms. The quantitative estimate of drug-likeness (QED) is 0.482. The van der Waals surface area contributed by atoms with Crippen LogP contribution in [0.15, 0.2) is 63.7 Å². The zero-order valence-electron chi connectivity index (χ0n) is 16.9. The molecule has 0 atom stereocenters. The van der Waals surface area contributed by atoms with E-state index >= 15 is 0 Å². The summed E-state index contributed by atoms with van der Waals surface area (Å²) in [6.07, 6.45) is 0. The number of hydrogen-bond acceptors (Lipinski definition) is 8. The van der Waals surface area contributed by atoms with Crippen LogP contribution in [0.3, 0.4) is 0 Å². The highest BCUT2D eigenvalue weighted by atomic mass is 32.2. The molecule has 0 fully saturated rings. The van der Waals surface area contributed by atoms with E-state index < -0.39 is 11.9 Å². The fraction of sp³-hybridized carbons (Fsp3) is 0.182. The highest BCUT2D eigenvalue weighted by molar-refractivity contribution is 7.99. The molecule has 0 aliphatic carbocycles. The van der Waals surface area contributed by atoms with E-state index in [1.54, 1.807) is 38.1 Å². The van der Waals surface area contributed by atoms with Gasteiger partial charge < -0.3 is 14.8 Å². The van der Waals surface area contributed by atoms with E-state index in [1.165, 1.54) is 23.1 Å². The van der Waals surface area contributed by atoms with Crippen molar-refractivity contribution in [2.45, 2.75) is 23.6 Å². The molecule has 0 saturated carbocycles. The molecule has 0 radical (unpaired) electrons. The molecular formula is C22H20N2O5S2. The summed E-state index contributed by atoms with van der Waals surface area (Å²) in [5, 5.41) is 4.73. The third kappa shape index (κ3) is 5.93. The van der Waals surface area contributed by atoms with E-state index in [0.29, 0.717) is 15.5 Å². The summed E-state index contributed by atoms with van der Waals surface area (Å²) in [7, 11) is 0. The highest BCUT2D eigenvalue weighted by Crippen LogP contribution is 2.34. The third-order valence-corrected chi connectivity index (χ3v) is 5.79. The lowest BCUT2D eigenvalue weighted by molar-refractivity contribution is 0.0510. The standard InChI is InChI=1S/C22H20N2O5S2/c1-3-28-21(26)16-12-14(13-17(23-16)22(27)29-4-2)31-18-9-6-5-8-15(18)24-20(25)19-10-7-11-30-19/h5-13H,3-4H2,1-2H3,(H,24,25). The fourth-order valence-corrected chi connectivity index (χ4v) is 4.15. The molecule has 0 saturated heterocycles. The molecule has 3 rings (SSSR count). The van der Waals surface area contributed by atoms with Crippen LogP contribution < -0.4 is 5.32 Å². The number of carbonyl (C=O) groups excluding carboxylic acids is 3. The first-order valence-electron chi connectivity index (χ1n) is 9.49. The predicted octanol–water partition coefficient (Wildman–Crippen LogP) is 4.90. The molecule has 0 aliphatic heterocycles. The van der Waals surface area contributed by atoms with Crippen molar-refractivity contribution in [2.75, 3.05) is 18.5 Å². The number of carbonyl (C=O) groups is 3. The number of para-hydroxylation sites is 1. The number of esters is 2. The minimum Gasteiger partial charge on any atom is -0.461 e. The van der Waals surface area contributed by atoms with Crippen LogP contribution in [0.5, 0.6) is 0 Å². The summed E-state index contributed by atoms with van der Waals surface area (Å²) < 4.78 is 10.1. The Balaban J connectivity index is 1.91. The lowest BCUT2D eigenvalue weighted by Gasteiger charge is -2.12. The molecule has 3 aromatic rings. The summed E-state index contributed by atoms with van der Waals surface area (Å²) in [6, 6.07) is 13.9. The number of aromatic nitrogens is 1. The second-order valence-electron chi connectivity index (χ2n) is 6.04. The first-order chi connectivity index (χ1) is 15.0. The molecular weight excluding hydrogens is 436 g/mol. The summed E-state index contributed by atoms with van der Waals surface area (Å²) in [5.74, 6) is -1.47. The smallest absolute Gasteiger partial charge is 0.356 e. The molecule has 0 spiro atoms. The Morgan fingerprint density at radius 1 is 0.968 bits per heavy atom. The van der Waals surface area contributed by atoms with Gasteiger partial charge in [-0.2, -0.15) is 0 Å². The van der Waals surface area contributed by atoms with Crippen molar-refractivity contribution in [3.05, 3.63) is 70.2 Å². The van der Waals surface area contributed by atoms with Crippen molar-refractivity contribution in [1.82, 2.24) is 4.98 Å². The van der Waals surface area contributed by atoms with Gasteiger partial charge in [-0.1, -0.05) is 30.0 Å². The summed E-state index contributed by atoms with van der Waals surface area (Å²) >= 11 is 2.64. The first-order valence-corrected chi connectivity index (χ1v) is 11.2. The van der Waals surface area contributed by atoms with Gasteiger partial charge in [-0.15, -0.1) is 11.3 Å². The third-order valence-electron chi connectivity index (χ3n) is 3.88. The molecule has 31 heavy (non-hydrogen) atoms. The van der Waals surface area contributed by atoms with Gasteiger partial charge in [0.15, 0.2) is 0 Å². The maximum atomic E-state index is 12.5. The molecule has 2 heterocycles. The lowest BCUT2D eigenvalue weighted by Crippen LogP contribution is -2.13. The Morgan fingerprint density at radius 3 is 2.19 bits per heavy atom. The maximum absolute atomic E-state index is 12.5. The molecule has 7 nitrogen and oxygen atoms in total. The number of rotatable bonds is 8. The Kier molecular flexibility index (Phi) is 7.80. The van der Waals surface area contributed by atoms with E-state index in [2.05, 4.69) is 10.3 Å². The Hall–Kier alpha value is -3.17. The largest absolute Gasteiger partial charge is 0.461 e. The van der Waals surface area contributed by atoms with Crippen LogP contribution in [0, 0.1) is 0 Å². The number of amides is 1. The average Bonchev–Trinajstić information content (AvgIpc) is 3.30. The number of hydrogen-bond donors (Lipinski definition) is 1. The summed E-state index contributed by atoms with van der Waals surface area (Å²) in [5.41, 5.74) is 0.628. The predicted molar refractivity (Wildman–Crippen MR) is 119 cm³/mol. The average molecular weight is 457 g/mol. The second kappa shape index (κ2) is 10.7. The van der Waals surface area contributed by atoms with Crippen molar-refractivity contribution in [2.24, 2.45) is 0 Å². The monoisotopic (exact) mass is 456 g/mol. The normalized spacial score (nSPS) is 10.4. The van der Waals surface area contributed by atoms with Crippen molar-refractivity contribution in [3.63, 3.8) is 0 Å². The molecule has 9 heteroatoms. The number of benzene rings is 1. The molecule has 160 valence electrons. The van der Waals surface area contributed by atoms with Crippen LogP contribution in [0.2, 0.25) is 0 Å². The lowest BCUT2D eigenvalue weighted by atomic mass is 10.3. The van der Waals surface area contributed by atoms with Crippen LogP contribution in [0.25, 0.3) is 0 Å². The van der Waals surface area contributed by atoms with Gasteiger partial charge in [0.1, 0.15) is 11.4 Å². The summed E-state index contributed by atoms with van der Waals surface area (Å²) in [6.45, 7) is 3.75. The second-order valence-corrected chi connectivity index (χ2v) is 8.11. The van der Waals surface area contributed by atoms with Crippen molar-refractivity contribution in [1.29, 1.82) is 0 Å². The maximum Gasteiger partial charge on any atom is 0.356 e. The summed E-state index contributed by atoms with van der Waals surface area (Å²) in [4.78, 5) is 42.9. The molecule has 1 N–H and O–H groups in total. The topological polar surface area (TPSA) is 94.6 Å². The van der Waals surface area contributed by atoms with Crippen LogP contribution in [-0.2, 0) is 9.47 Å². The number of ether oxygens (including phenoxy) is 2. The van der Waals surface area contributed by atoms with Crippen molar-refractivity contribution < 1.29 is 23.9 Å². The van der Waals surface area contributed by atoms with Gasteiger partial charge in [0.05, 0.1) is 23.8 Å². The van der Waals surface area contributed by atoms with Crippen molar-refractivity contribution in [3.8, 4) is 0 Å². The zero-order chi connectivity index (χ0) is 22.2. The molecule has 0 unspecified atom stereocenters. The van der Waals surface area contributed by atoms with Crippen LogP contribution in [0.4, 0.5) is 5.69 Å². The Labute approximate surface area is 187 Å².